The van der Waals surface area contributed by atoms with Crippen LogP contribution in [0.5, 0.6) is 0 Å². The third-order valence-electron chi connectivity index (χ3n) is 7.44. The molecule has 9 heteroatoms. The van der Waals surface area contributed by atoms with Crippen LogP contribution in [0.3, 0.4) is 0 Å². The highest BCUT2D eigenvalue weighted by atomic mass is 35.5. The molecule has 0 aliphatic heterocycles. The Morgan fingerprint density at radius 3 is 2.44 bits per heavy atom. The van der Waals surface area contributed by atoms with Crippen molar-refractivity contribution in [3.8, 4) is 0 Å². The lowest BCUT2D eigenvalue weighted by Crippen LogP contribution is -2.53. The van der Waals surface area contributed by atoms with Crippen molar-refractivity contribution in [1.29, 1.82) is 0 Å². The van der Waals surface area contributed by atoms with E-state index in [9.17, 15) is 14.4 Å². The molecule has 4 rings (SSSR count). The normalized spacial score (nSPS) is 18.6. The van der Waals surface area contributed by atoms with Gasteiger partial charge in [0.15, 0.2) is 0 Å². The van der Waals surface area contributed by atoms with Crippen LogP contribution < -0.4 is 16.5 Å². The number of benzene rings is 2. The van der Waals surface area contributed by atoms with Crippen molar-refractivity contribution < 1.29 is 14.4 Å². The predicted octanol–water partition coefficient (Wildman–Crippen LogP) is 4.85. The summed E-state index contributed by atoms with van der Waals surface area (Å²) in [5.41, 5.74) is 2.00. The number of aromatic nitrogens is 1. The van der Waals surface area contributed by atoms with E-state index in [0.717, 1.165) is 23.7 Å². The van der Waals surface area contributed by atoms with Gasteiger partial charge in [-0.2, -0.15) is 5.10 Å². The second-order valence-corrected chi connectivity index (χ2v) is 11.1. The zero-order chi connectivity index (χ0) is 28.1. The standard InChI is InChI=1S/C30H36ClN5O3/c1-18(2)16-24(27(35-32)28(37)19-12-14-21(31)15-13-19)34-29(38)22-9-5-6-10-23(22)33-30(39)26-17-20-8-4-7-11-25(20)36(26)3/h4,7-8,11-15,17-18,22-24H,5-6,9-10,16,32H2,1-3H3,(H,33,39)(H,34,38)/t22-,23+,24?/m1/s1. The molecule has 1 aliphatic rings. The highest BCUT2D eigenvalue weighted by Gasteiger charge is 2.35. The first-order valence-corrected chi connectivity index (χ1v) is 13.8. The first-order chi connectivity index (χ1) is 18.7. The van der Waals surface area contributed by atoms with E-state index in [4.69, 9.17) is 17.4 Å². The number of amides is 2. The van der Waals surface area contributed by atoms with Crippen molar-refractivity contribution in [2.75, 3.05) is 0 Å². The van der Waals surface area contributed by atoms with Crippen molar-refractivity contribution in [3.05, 3.63) is 70.9 Å². The molecule has 0 spiro atoms. The Labute approximate surface area is 234 Å². The molecular weight excluding hydrogens is 514 g/mol. The highest BCUT2D eigenvalue weighted by Crippen LogP contribution is 2.27. The molecule has 0 bridgehead atoms. The van der Waals surface area contributed by atoms with Gasteiger partial charge >= 0.3 is 0 Å². The van der Waals surface area contributed by atoms with E-state index < -0.39 is 12.0 Å². The first kappa shape index (κ1) is 28.4. The molecule has 0 saturated heterocycles. The number of halogens is 1. The molecule has 3 aromatic rings. The largest absolute Gasteiger partial charge is 0.347 e. The van der Waals surface area contributed by atoms with Gasteiger partial charge in [0.05, 0.1) is 12.0 Å². The molecule has 1 heterocycles. The van der Waals surface area contributed by atoms with Crippen LogP contribution in [0.2, 0.25) is 5.02 Å². The molecular formula is C30H36ClN5O3. The van der Waals surface area contributed by atoms with Crippen LogP contribution in [-0.4, -0.2) is 40.0 Å². The Balaban J connectivity index is 1.52. The lowest BCUT2D eigenvalue weighted by molar-refractivity contribution is -0.127. The summed E-state index contributed by atoms with van der Waals surface area (Å²) in [5, 5.41) is 11.5. The number of nitrogens with one attached hydrogen (secondary N) is 2. The van der Waals surface area contributed by atoms with E-state index in [0.29, 0.717) is 35.5 Å². The lowest BCUT2D eigenvalue weighted by Gasteiger charge is -2.33. The van der Waals surface area contributed by atoms with Crippen molar-refractivity contribution in [2.24, 2.45) is 29.8 Å². The SMILES string of the molecule is CC(C)CC(NC(=O)[C@@H]1CCCC[C@@H]1NC(=O)c1cc2ccccc2n1C)C(=NN)C(=O)c1ccc(Cl)cc1. The number of hydrogen-bond donors (Lipinski definition) is 3. The first-order valence-electron chi connectivity index (χ1n) is 13.4. The molecule has 1 unspecified atom stereocenters. The summed E-state index contributed by atoms with van der Waals surface area (Å²) in [7, 11) is 1.87. The predicted molar refractivity (Wildman–Crippen MR) is 155 cm³/mol. The fourth-order valence-corrected chi connectivity index (χ4v) is 5.54. The number of hydrogen-bond acceptors (Lipinski definition) is 5. The number of hydrazone groups is 1. The van der Waals surface area contributed by atoms with Gasteiger partial charge in [0.2, 0.25) is 11.7 Å². The summed E-state index contributed by atoms with van der Waals surface area (Å²) in [6.45, 7) is 4.01. The number of Topliss-reactive ketones (excluding diaryl/α,β-unsaturated/α-hetero) is 1. The second kappa shape index (κ2) is 12.5. The third kappa shape index (κ3) is 6.50. The maximum Gasteiger partial charge on any atom is 0.268 e. The van der Waals surface area contributed by atoms with Gasteiger partial charge in [-0.05, 0) is 61.6 Å². The Morgan fingerprint density at radius 1 is 1.08 bits per heavy atom. The Bertz CT molecular complexity index is 1380. The van der Waals surface area contributed by atoms with Crippen LogP contribution in [0.1, 0.15) is 66.8 Å². The Hall–Kier alpha value is -3.65. The summed E-state index contributed by atoms with van der Waals surface area (Å²) in [6.07, 6.45) is 3.63. The number of para-hydroxylation sites is 1. The maximum atomic E-state index is 13.7. The molecule has 0 radical (unpaired) electrons. The van der Waals surface area contributed by atoms with E-state index in [2.05, 4.69) is 15.7 Å². The zero-order valence-electron chi connectivity index (χ0n) is 22.6. The van der Waals surface area contributed by atoms with Gasteiger partial charge in [-0.3, -0.25) is 14.4 Å². The van der Waals surface area contributed by atoms with Crippen molar-refractivity contribution in [3.63, 3.8) is 0 Å². The highest BCUT2D eigenvalue weighted by molar-refractivity contribution is 6.48. The summed E-state index contributed by atoms with van der Waals surface area (Å²) in [4.78, 5) is 40.2. The van der Waals surface area contributed by atoms with E-state index in [1.54, 1.807) is 24.3 Å². The number of rotatable bonds is 9. The number of nitrogens with zero attached hydrogens (tertiary/aromatic N) is 2. The van der Waals surface area contributed by atoms with Gasteiger partial charge in [0.25, 0.3) is 5.91 Å². The molecule has 4 N–H and O–H groups in total. The van der Waals surface area contributed by atoms with Gasteiger partial charge in [-0.15, -0.1) is 0 Å². The van der Waals surface area contributed by atoms with Crippen LogP contribution >= 0.6 is 11.6 Å². The molecule has 1 saturated carbocycles. The minimum absolute atomic E-state index is 0.0891. The summed E-state index contributed by atoms with van der Waals surface area (Å²) >= 11 is 5.98. The van der Waals surface area contributed by atoms with Crippen molar-refractivity contribution in [1.82, 2.24) is 15.2 Å². The maximum absolute atomic E-state index is 13.7. The van der Waals surface area contributed by atoms with Gasteiger partial charge < -0.3 is 21.0 Å². The molecule has 8 nitrogen and oxygen atoms in total. The van der Waals surface area contributed by atoms with E-state index in [1.165, 1.54) is 0 Å². The molecule has 1 aromatic heterocycles. The second-order valence-electron chi connectivity index (χ2n) is 10.7. The molecule has 2 aromatic carbocycles. The minimum Gasteiger partial charge on any atom is -0.347 e. The molecule has 3 atom stereocenters. The number of nitrogens with two attached hydrogens (primary N) is 1. The smallest absolute Gasteiger partial charge is 0.268 e. The summed E-state index contributed by atoms with van der Waals surface area (Å²) < 4.78 is 1.87. The van der Waals surface area contributed by atoms with Crippen LogP contribution in [-0.2, 0) is 11.8 Å². The number of aryl methyl sites for hydroxylation is 1. The van der Waals surface area contributed by atoms with E-state index in [-0.39, 0.29) is 35.3 Å². The van der Waals surface area contributed by atoms with Gasteiger partial charge in [0.1, 0.15) is 11.4 Å². The number of carbonyl (C=O) groups excluding carboxylic acids is 3. The van der Waals surface area contributed by atoms with Crippen molar-refractivity contribution in [2.45, 2.75) is 58.0 Å². The Kier molecular flexibility index (Phi) is 9.07. The third-order valence-corrected chi connectivity index (χ3v) is 7.69. The zero-order valence-corrected chi connectivity index (χ0v) is 23.4. The van der Waals surface area contributed by atoms with Crippen molar-refractivity contribution >= 4 is 45.8 Å². The molecule has 2 amide bonds. The van der Waals surface area contributed by atoms with E-state index in [1.807, 2.05) is 55.8 Å². The van der Waals surface area contributed by atoms with Crippen LogP contribution in [0.25, 0.3) is 10.9 Å². The average Bonchev–Trinajstić information content (AvgIpc) is 3.26. The molecule has 1 fully saturated rings. The van der Waals surface area contributed by atoms with Crippen LogP contribution in [0.15, 0.2) is 59.7 Å². The summed E-state index contributed by atoms with van der Waals surface area (Å²) in [5.74, 6) is 4.66. The molecule has 206 valence electrons. The summed E-state index contributed by atoms with van der Waals surface area (Å²) in [6, 6.07) is 15.2. The quantitative estimate of drug-likeness (QED) is 0.153. The lowest BCUT2D eigenvalue weighted by atomic mass is 9.83. The monoisotopic (exact) mass is 549 g/mol. The topological polar surface area (TPSA) is 119 Å². The fraction of sp³-hybridized carbons (Fsp3) is 0.400. The van der Waals surface area contributed by atoms with Gasteiger partial charge in [-0.1, -0.05) is 56.5 Å². The Morgan fingerprint density at radius 2 is 1.77 bits per heavy atom. The van der Waals surface area contributed by atoms with E-state index >= 15 is 0 Å². The van der Waals surface area contributed by atoms with Crippen LogP contribution in [0.4, 0.5) is 0 Å². The fourth-order valence-electron chi connectivity index (χ4n) is 5.41. The molecule has 39 heavy (non-hydrogen) atoms. The number of carbonyl (C=O) groups is 3. The number of fused-ring (bicyclic) bond motifs is 1. The minimum atomic E-state index is -0.665. The van der Waals surface area contributed by atoms with Gasteiger partial charge in [0, 0.05) is 34.6 Å². The van der Waals surface area contributed by atoms with Gasteiger partial charge in [-0.25, -0.2) is 0 Å². The number of ketones is 1. The average molecular weight is 550 g/mol. The van der Waals surface area contributed by atoms with Crippen LogP contribution in [0, 0.1) is 11.8 Å². The molecule has 1 aliphatic carbocycles.